The number of nitrogens with one attached hydrogen (secondary N) is 1. The van der Waals surface area contributed by atoms with E-state index in [-0.39, 0.29) is 22.7 Å². The van der Waals surface area contributed by atoms with E-state index in [1.165, 1.54) is 12.1 Å². The van der Waals surface area contributed by atoms with Gasteiger partial charge in [0.25, 0.3) is 5.91 Å². The summed E-state index contributed by atoms with van der Waals surface area (Å²) >= 11 is 5.65. The molecular weight excluding hydrogens is 282 g/mol. The smallest absolute Gasteiger partial charge is 0.265 e. The summed E-state index contributed by atoms with van der Waals surface area (Å²) in [6.45, 7) is 1.65. The zero-order valence-electron chi connectivity index (χ0n) is 10.5. The highest BCUT2D eigenvalue weighted by atomic mass is 35.5. The van der Waals surface area contributed by atoms with Crippen molar-refractivity contribution >= 4 is 29.0 Å². The molecule has 2 aromatic rings. The maximum absolute atomic E-state index is 12.2. The summed E-state index contributed by atoms with van der Waals surface area (Å²) in [5.41, 5.74) is 0.852. The van der Waals surface area contributed by atoms with Gasteiger partial charge in [-0.2, -0.15) is 0 Å². The Morgan fingerprint density at radius 3 is 2.80 bits per heavy atom. The number of amides is 1. The molecule has 2 heterocycles. The normalized spacial score (nSPS) is 17.1. The largest absolute Gasteiger partial charge is 0.479 e. The van der Waals surface area contributed by atoms with Gasteiger partial charge >= 0.3 is 0 Å². The second-order valence-corrected chi connectivity index (χ2v) is 4.77. The van der Waals surface area contributed by atoms with Crippen LogP contribution in [0.5, 0.6) is 5.75 Å². The first-order chi connectivity index (χ1) is 9.54. The predicted molar refractivity (Wildman–Crippen MR) is 72.3 cm³/mol. The van der Waals surface area contributed by atoms with Crippen molar-refractivity contribution in [2.24, 2.45) is 0 Å². The van der Waals surface area contributed by atoms with Crippen molar-refractivity contribution in [1.82, 2.24) is 0 Å². The van der Waals surface area contributed by atoms with Crippen LogP contribution in [0.15, 0.2) is 34.7 Å². The number of carbonyl (C=O) groups is 2. The van der Waals surface area contributed by atoms with Gasteiger partial charge in [-0.25, -0.2) is 0 Å². The maximum Gasteiger partial charge on any atom is 0.265 e. The van der Waals surface area contributed by atoms with Crippen LogP contribution in [0.1, 0.15) is 23.0 Å². The molecule has 0 saturated heterocycles. The highest BCUT2D eigenvalue weighted by Gasteiger charge is 2.24. The van der Waals surface area contributed by atoms with E-state index < -0.39 is 6.10 Å². The molecule has 20 heavy (non-hydrogen) atoms. The Morgan fingerprint density at radius 2 is 2.10 bits per heavy atom. The lowest BCUT2D eigenvalue weighted by Crippen LogP contribution is -2.34. The van der Waals surface area contributed by atoms with Gasteiger partial charge in [0, 0.05) is 5.56 Å². The highest BCUT2D eigenvalue weighted by molar-refractivity contribution is 6.29. The Bertz CT molecular complexity index is 707. The fourth-order valence-electron chi connectivity index (χ4n) is 1.93. The SMILES string of the molecule is CC1Oc2ccc(C(=O)c3ccc(Cl)o3)cc2NC1=O. The van der Waals surface area contributed by atoms with Gasteiger partial charge in [-0.05, 0) is 48.9 Å². The first-order valence-corrected chi connectivity index (χ1v) is 6.34. The molecule has 1 aromatic heterocycles. The van der Waals surface area contributed by atoms with E-state index in [1.807, 2.05) is 0 Å². The molecule has 1 aromatic carbocycles. The number of rotatable bonds is 2. The molecule has 1 aliphatic heterocycles. The Balaban J connectivity index is 1.95. The lowest BCUT2D eigenvalue weighted by Gasteiger charge is -2.23. The fraction of sp³-hybridized carbons (Fsp3) is 0.143. The number of hydrogen-bond donors (Lipinski definition) is 1. The number of benzene rings is 1. The number of ketones is 1. The topological polar surface area (TPSA) is 68.5 Å². The van der Waals surface area contributed by atoms with Gasteiger partial charge < -0.3 is 14.5 Å². The molecule has 0 spiro atoms. The minimum atomic E-state index is -0.548. The lowest BCUT2D eigenvalue weighted by molar-refractivity contribution is -0.122. The molecule has 1 amide bonds. The summed E-state index contributed by atoms with van der Waals surface area (Å²) < 4.78 is 10.5. The van der Waals surface area contributed by atoms with E-state index in [0.717, 1.165) is 0 Å². The summed E-state index contributed by atoms with van der Waals surface area (Å²) in [4.78, 5) is 23.7. The number of anilines is 1. The van der Waals surface area contributed by atoms with Crippen LogP contribution in [-0.4, -0.2) is 17.8 Å². The maximum atomic E-state index is 12.2. The molecule has 0 radical (unpaired) electrons. The predicted octanol–water partition coefficient (Wildman–Crippen LogP) is 2.88. The Morgan fingerprint density at radius 1 is 1.30 bits per heavy atom. The molecule has 1 unspecified atom stereocenters. The molecule has 1 N–H and O–H groups in total. The molecule has 3 rings (SSSR count). The minimum absolute atomic E-state index is 0.145. The van der Waals surface area contributed by atoms with Crippen LogP contribution >= 0.6 is 11.6 Å². The van der Waals surface area contributed by atoms with Crippen molar-refractivity contribution in [3.05, 3.63) is 46.9 Å². The molecule has 6 heteroatoms. The summed E-state index contributed by atoms with van der Waals surface area (Å²) in [7, 11) is 0. The van der Waals surface area contributed by atoms with Gasteiger partial charge in [0.2, 0.25) is 5.78 Å². The van der Waals surface area contributed by atoms with Crippen LogP contribution in [0.2, 0.25) is 5.22 Å². The Kier molecular flexibility index (Phi) is 2.99. The third-order valence-corrected chi connectivity index (χ3v) is 3.17. The molecule has 5 nitrogen and oxygen atoms in total. The lowest BCUT2D eigenvalue weighted by atomic mass is 10.1. The minimum Gasteiger partial charge on any atom is -0.479 e. The Labute approximate surface area is 119 Å². The van der Waals surface area contributed by atoms with E-state index in [1.54, 1.807) is 25.1 Å². The van der Waals surface area contributed by atoms with Gasteiger partial charge in [0.15, 0.2) is 17.1 Å². The third-order valence-electron chi connectivity index (χ3n) is 2.97. The third kappa shape index (κ3) is 2.16. The van der Waals surface area contributed by atoms with Crippen molar-refractivity contribution in [2.45, 2.75) is 13.0 Å². The fourth-order valence-corrected chi connectivity index (χ4v) is 2.07. The zero-order chi connectivity index (χ0) is 14.3. The standard InChI is InChI=1S/C14H10ClNO4/c1-7-14(18)16-9-6-8(2-3-10(9)19-7)13(17)11-4-5-12(15)20-11/h2-7H,1H3,(H,16,18). The molecule has 102 valence electrons. The van der Waals surface area contributed by atoms with Crippen molar-refractivity contribution in [3.8, 4) is 5.75 Å². The van der Waals surface area contributed by atoms with Crippen LogP contribution in [-0.2, 0) is 4.79 Å². The quantitative estimate of drug-likeness (QED) is 0.864. The van der Waals surface area contributed by atoms with Gasteiger partial charge in [0.05, 0.1) is 5.69 Å². The van der Waals surface area contributed by atoms with E-state index in [2.05, 4.69) is 5.32 Å². The van der Waals surface area contributed by atoms with Crippen molar-refractivity contribution in [1.29, 1.82) is 0 Å². The van der Waals surface area contributed by atoms with E-state index in [0.29, 0.717) is 17.0 Å². The first-order valence-electron chi connectivity index (χ1n) is 5.96. The summed E-state index contributed by atoms with van der Waals surface area (Å²) in [6.07, 6.45) is -0.548. The van der Waals surface area contributed by atoms with Crippen LogP contribution in [0.25, 0.3) is 0 Å². The number of ether oxygens (including phenoxy) is 1. The zero-order valence-corrected chi connectivity index (χ0v) is 11.2. The number of halogens is 1. The molecule has 0 bridgehead atoms. The van der Waals surface area contributed by atoms with Crippen molar-refractivity contribution in [3.63, 3.8) is 0 Å². The number of fused-ring (bicyclic) bond motifs is 1. The number of furan rings is 1. The first kappa shape index (κ1) is 12.7. The second kappa shape index (κ2) is 4.68. The van der Waals surface area contributed by atoms with Gasteiger partial charge in [-0.15, -0.1) is 0 Å². The molecule has 0 saturated carbocycles. The van der Waals surface area contributed by atoms with Crippen LogP contribution in [0.4, 0.5) is 5.69 Å². The monoisotopic (exact) mass is 291 g/mol. The second-order valence-electron chi connectivity index (χ2n) is 4.39. The number of hydrogen-bond acceptors (Lipinski definition) is 4. The van der Waals surface area contributed by atoms with E-state index in [4.69, 9.17) is 20.8 Å². The molecule has 0 aliphatic carbocycles. The van der Waals surface area contributed by atoms with Crippen LogP contribution in [0.3, 0.4) is 0 Å². The molecule has 0 fully saturated rings. The summed E-state index contributed by atoms with van der Waals surface area (Å²) in [6, 6.07) is 7.81. The van der Waals surface area contributed by atoms with Crippen molar-refractivity contribution in [2.75, 3.05) is 5.32 Å². The van der Waals surface area contributed by atoms with Crippen LogP contribution in [0, 0.1) is 0 Å². The molecule has 1 atom stereocenters. The average molecular weight is 292 g/mol. The van der Waals surface area contributed by atoms with Gasteiger partial charge in [-0.1, -0.05) is 0 Å². The summed E-state index contributed by atoms with van der Waals surface area (Å²) in [5.74, 6) is 0.119. The van der Waals surface area contributed by atoms with Gasteiger partial charge in [-0.3, -0.25) is 9.59 Å². The van der Waals surface area contributed by atoms with Crippen LogP contribution < -0.4 is 10.1 Å². The van der Waals surface area contributed by atoms with E-state index in [9.17, 15) is 9.59 Å². The average Bonchev–Trinajstić information content (AvgIpc) is 2.85. The molecule has 1 aliphatic rings. The number of carbonyl (C=O) groups excluding carboxylic acids is 2. The molecular formula is C14H10ClNO4. The highest BCUT2D eigenvalue weighted by Crippen LogP contribution is 2.31. The van der Waals surface area contributed by atoms with E-state index >= 15 is 0 Å². The Hall–Kier alpha value is -2.27. The summed E-state index contributed by atoms with van der Waals surface area (Å²) in [5, 5.41) is 2.84. The van der Waals surface area contributed by atoms with Gasteiger partial charge in [0.1, 0.15) is 5.75 Å². The van der Waals surface area contributed by atoms with Crippen molar-refractivity contribution < 1.29 is 18.7 Å².